The Bertz CT molecular complexity index is 325. The highest BCUT2D eigenvalue weighted by Crippen LogP contribution is 2.16. The number of likely N-dealkylation sites (N-methyl/N-ethyl adjacent to an activating group) is 1. The highest BCUT2D eigenvalue weighted by atomic mass is 16.4. The Morgan fingerprint density at radius 3 is 2.67 bits per heavy atom. The average molecular weight is 299 g/mol. The van der Waals surface area contributed by atoms with E-state index in [1.54, 1.807) is 0 Å². The van der Waals surface area contributed by atoms with Gasteiger partial charge in [-0.1, -0.05) is 6.92 Å². The van der Waals surface area contributed by atoms with Crippen molar-refractivity contribution in [1.82, 2.24) is 15.1 Å². The molecule has 2 atom stereocenters. The van der Waals surface area contributed by atoms with Gasteiger partial charge in [0.05, 0.1) is 0 Å². The third kappa shape index (κ3) is 5.93. The molecular weight excluding hydrogens is 266 g/mol. The van der Waals surface area contributed by atoms with Crippen LogP contribution in [0, 0.1) is 0 Å². The van der Waals surface area contributed by atoms with Gasteiger partial charge >= 0.3 is 5.97 Å². The van der Waals surface area contributed by atoms with E-state index in [0.717, 1.165) is 52.0 Å². The summed E-state index contributed by atoms with van der Waals surface area (Å²) in [5.41, 5.74) is -0.772. The summed E-state index contributed by atoms with van der Waals surface area (Å²) in [6.45, 7) is 11.4. The van der Waals surface area contributed by atoms with Gasteiger partial charge in [-0.3, -0.25) is 4.79 Å². The fraction of sp³-hybridized carbons (Fsp3) is 0.938. The Kier molecular flexibility index (Phi) is 7.63. The fourth-order valence-corrected chi connectivity index (χ4v) is 2.81. The van der Waals surface area contributed by atoms with Crippen LogP contribution in [0.4, 0.5) is 0 Å². The van der Waals surface area contributed by atoms with Gasteiger partial charge in [0.15, 0.2) is 0 Å². The van der Waals surface area contributed by atoms with Gasteiger partial charge in [-0.15, -0.1) is 0 Å². The lowest BCUT2D eigenvalue weighted by Gasteiger charge is -2.37. The molecule has 1 aliphatic rings. The van der Waals surface area contributed by atoms with Crippen molar-refractivity contribution in [2.45, 2.75) is 58.0 Å². The van der Waals surface area contributed by atoms with Gasteiger partial charge in [0.25, 0.3) is 0 Å². The smallest absolute Gasteiger partial charge is 0.323 e. The number of carbonyl (C=O) groups is 1. The molecule has 1 saturated heterocycles. The molecule has 0 radical (unpaired) electrons. The van der Waals surface area contributed by atoms with Crippen LogP contribution in [-0.4, -0.2) is 72.2 Å². The first-order valence-electron chi connectivity index (χ1n) is 8.30. The summed E-state index contributed by atoms with van der Waals surface area (Å²) in [4.78, 5) is 16.3. The Balaban J connectivity index is 2.27. The van der Waals surface area contributed by atoms with Crippen molar-refractivity contribution < 1.29 is 9.90 Å². The number of rotatable bonds is 9. The largest absolute Gasteiger partial charge is 0.480 e. The highest BCUT2D eigenvalue weighted by Gasteiger charge is 2.31. The van der Waals surface area contributed by atoms with Crippen molar-refractivity contribution in [2.75, 3.05) is 39.8 Å². The Labute approximate surface area is 129 Å². The van der Waals surface area contributed by atoms with Gasteiger partial charge in [-0.25, -0.2) is 0 Å². The highest BCUT2D eigenvalue weighted by molar-refractivity contribution is 5.78. The van der Waals surface area contributed by atoms with Crippen molar-refractivity contribution in [3.05, 3.63) is 0 Å². The van der Waals surface area contributed by atoms with E-state index >= 15 is 0 Å². The molecule has 0 saturated carbocycles. The van der Waals surface area contributed by atoms with Gasteiger partial charge < -0.3 is 20.2 Å². The lowest BCUT2D eigenvalue weighted by atomic mass is 9.94. The molecule has 5 nitrogen and oxygen atoms in total. The van der Waals surface area contributed by atoms with Crippen LogP contribution in [0.15, 0.2) is 0 Å². The molecule has 124 valence electrons. The number of aliphatic carboxylic acids is 1. The average Bonchev–Trinajstić information content (AvgIpc) is 2.45. The second-order valence-corrected chi connectivity index (χ2v) is 6.65. The number of carboxylic acid groups (broad SMARTS) is 1. The number of nitrogens with one attached hydrogen (secondary N) is 1. The predicted octanol–water partition coefficient (Wildman–Crippen LogP) is 1.64. The summed E-state index contributed by atoms with van der Waals surface area (Å²) < 4.78 is 0. The SMILES string of the molecule is CCCNC(C)(CCCCN1CCN(C)C(C)C1)C(=O)O. The van der Waals surface area contributed by atoms with E-state index in [1.807, 2.05) is 6.92 Å². The predicted molar refractivity (Wildman–Crippen MR) is 86.7 cm³/mol. The van der Waals surface area contributed by atoms with Crippen LogP contribution >= 0.6 is 0 Å². The van der Waals surface area contributed by atoms with Gasteiger partial charge in [0.2, 0.25) is 0 Å². The molecular formula is C16H33N3O2. The first-order chi connectivity index (χ1) is 9.89. The maximum Gasteiger partial charge on any atom is 0.323 e. The number of unbranched alkanes of at least 4 members (excludes halogenated alkanes) is 1. The molecule has 0 spiro atoms. The Morgan fingerprint density at radius 2 is 2.10 bits per heavy atom. The molecule has 0 aromatic heterocycles. The van der Waals surface area contributed by atoms with Gasteiger partial charge in [0.1, 0.15) is 5.54 Å². The van der Waals surface area contributed by atoms with Gasteiger partial charge in [-0.05, 0) is 59.7 Å². The third-order valence-electron chi connectivity index (χ3n) is 4.68. The maximum absolute atomic E-state index is 11.4. The Hall–Kier alpha value is -0.650. The maximum atomic E-state index is 11.4. The second kappa shape index (κ2) is 8.71. The minimum Gasteiger partial charge on any atom is -0.480 e. The van der Waals surface area contributed by atoms with Crippen LogP contribution in [0.25, 0.3) is 0 Å². The molecule has 2 N–H and O–H groups in total. The van der Waals surface area contributed by atoms with Gasteiger partial charge in [0, 0.05) is 25.7 Å². The molecule has 5 heteroatoms. The molecule has 0 bridgehead atoms. The number of carboxylic acids is 1. The van der Waals surface area contributed by atoms with E-state index in [0.29, 0.717) is 12.5 Å². The van der Waals surface area contributed by atoms with E-state index < -0.39 is 11.5 Å². The molecule has 1 rings (SSSR count). The Morgan fingerprint density at radius 1 is 1.38 bits per heavy atom. The van der Waals surface area contributed by atoms with Crippen LogP contribution in [-0.2, 0) is 4.79 Å². The van der Waals surface area contributed by atoms with E-state index in [2.05, 4.69) is 36.0 Å². The molecule has 1 fully saturated rings. The molecule has 1 heterocycles. The normalized spacial score (nSPS) is 23.9. The zero-order chi connectivity index (χ0) is 15.9. The van der Waals surface area contributed by atoms with Crippen LogP contribution in [0.5, 0.6) is 0 Å². The molecule has 0 aromatic rings. The first kappa shape index (κ1) is 18.4. The number of hydrogen-bond acceptors (Lipinski definition) is 4. The van der Waals surface area contributed by atoms with Crippen LogP contribution < -0.4 is 5.32 Å². The van der Waals surface area contributed by atoms with E-state index in [-0.39, 0.29) is 0 Å². The minimum atomic E-state index is -0.772. The fourth-order valence-electron chi connectivity index (χ4n) is 2.81. The quantitative estimate of drug-likeness (QED) is 0.634. The summed E-state index contributed by atoms with van der Waals surface area (Å²) in [5, 5.41) is 12.6. The lowest BCUT2D eigenvalue weighted by Crippen LogP contribution is -2.50. The molecule has 2 unspecified atom stereocenters. The van der Waals surface area contributed by atoms with E-state index in [9.17, 15) is 9.90 Å². The number of piperazine rings is 1. The zero-order valence-corrected chi connectivity index (χ0v) is 14.2. The minimum absolute atomic E-state index is 0.620. The van der Waals surface area contributed by atoms with Crippen molar-refractivity contribution >= 4 is 5.97 Å². The van der Waals surface area contributed by atoms with Crippen LogP contribution in [0.3, 0.4) is 0 Å². The molecule has 0 aromatic carbocycles. The molecule has 0 amide bonds. The third-order valence-corrected chi connectivity index (χ3v) is 4.68. The summed E-state index contributed by atoms with van der Waals surface area (Å²) >= 11 is 0. The van der Waals surface area contributed by atoms with Crippen molar-refractivity contribution in [3.8, 4) is 0 Å². The lowest BCUT2D eigenvalue weighted by molar-refractivity contribution is -0.144. The van der Waals surface area contributed by atoms with Gasteiger partial charge in [-0.2, -0.15) is 0 Å². The summed E-state index contributed by atoms with van der Waals surface area (Å²) in [6.07, 6.45) is 3.70. The monoisotopic (exact) mass is 299 g/mol. The van der Waals surface area contributed by atoms with Crippen molar-refractivity contribution in [2.24, 2.45) is 0 Å². The number of nitrogens with zero attached hydrogens (tertiary/aromatic N) is 2. The van der Waals surface area contributed by atoms with Crippen LogP contribution in [0.1, 0.15) is 46.5 Å². The van der Waals surface area contributed by atoms with Crippen LogP contribution in [0.2, 0.25) is 0 Å². The molecule has 0 aliphatic carbocycles. The summed E-state index contributed by atoms with van der Waals surface area (Å²) in [6, 6.07) is 0.620. The number of hydrogen-bond donors (Lipinski definition) is 2. The molecule has 21 heavy (non-hydrogen) atoms. The molecule has 1 aliphatic heterocycles. The summed E-state index contributed by atoms with van der Waals surface area (Å²) in [7, 11) is 2.18. The van der Waals surface area contributed by atoms with Crippen molar-refractivity contribution in [3.63, 3.8) is 0 Å². The first-order valence-corrected chi connectivity index (χ1v) is 8.30. The zero-order valence-electron chi connectivity index (χ0n) is 14.2. The summed E-state index contributed by atoms with van der Waals surface area (Å²) in [5.74, 6) is -0.732. The second-order valence-electron chi connectivity index (χ2n) is 6.65. The van der Waals surface area contributed by atoms with E-state index in [1.165, 1.54) is 0 Å². The van der Waals surface area contributed by atoms with E-state index in [4.69, 9.17) is 0 Å². The van der Waals surface area contributed by atoms with Crippen molar-refractivity contribution in [1.29, 1.82) is 0 Å². The topological polar surface area (TPSA) is 55.8 Å². The standard InChI is InChI=1S/C16H33N3O2/c1-5-9-17-16(3,15(20)21)8-6-7-10-19-12-11-18(4)14(2)13-19/h14,17H,5-13H2,1-4H3,(H,20,21).